The van der Waals surface area contributed by atoms with E-state index in [0.717, 1.165) is 17.0 Å². The van der Waals surface area contributed by atoms with Gasteiger partial charge in [-0.2, -0.15) is 5.10 Å². The molecule has 0 atom stereocenters. The first kappa shape index (κ1) is 23.1. The molecule has 0 saturated heterocycles. The summed E-state index contributed by atoms with van der Waals surface area (Å²) < 4.78 is 31.7. The van der Waals surface area contributed by atoms with Crippen LogP contribution < -0.4 is 14.8 Å². The van der Waals surface area contributed by atoms with Crippen molar-refractivity contribution < 1.29 is 23.1 Å². The molecule has 8 heteroatoms. The van der Waals surface area contributed by atoms with E-state index in [1.807, 2.05) is 45.0 Å². The van der Waals surface area contributed by atoms with Gasteiger partial charge in [0.15, 0.2) is 5.76 Å². The van der Waals surface area contributed by atoms with Gasteiger partial charge in [0.05, 0.1) is 30.2 Å². The van der Waals surface area contributed by atoms with Crippen LogP contribution in [0.4, 0.5) is 10.1 Å². The molecule has 0 aliphatic rings. The van der Waals surface area contributed by atoms with Gasteiger partial charge in [0, 0.05) is 0 Å². The highest BCUT2D eigenvalue weighted by Crippen LogP contribution is 2.23. The van der Waals surface area contributed by atoms with Crippen molar-refractivity contribution in [3.63, 3.8) is 0 Å². The van der Waals surface area contributed by atoms with Crippen molar-refractivity contribution in [2.24, 2.45) is 0 Å². The van der Waals surface area contributed by atoms with E-state index < -0.39 is 0 Å². The van der Waals surface area contributed by atoms with Crippen molar-refractivity contribution in [1.82, 2.24) is 9.78 Å². The standard InChI is InChI=1S/C26H26FN3O4/c1-4-32-21-9-11-22(12-10-21)33-16-23-13-14-24(34-23)26(31)28-25-17(2)29-30(18(25)3)15-19-5-7-20(27)8-6-19/h5-14H,4,15-16H2,1-3H3,(H,28,31). The summed E-state index contributed by atoms with van der Waals surface area (Å²) in [6, 6.07) is 16.9. The number of ether oxygens (including phenoxy) is 2. The van der Waals surface area contributed by atoms with E-state index in [4.69, 9.17) is 13.9 Å². The fourth-order valence-electron chi connectivity index (χ4n) is 3.50. The van der Waals surface area contributed by atoms with Gasteiger partial charge in [-0.3, -0.25) is 9.48 Å². The predicted octanol–water partition coefficient (Wildman–Crippen LogP) is 5.51. The van der Waals surface area contributed by atoms with E-state index in [2.05, 4.69) is 10.4 Å². The first-order chi connectivity index (χ1) is 16.4. The van der Waals surface area contributed by atoms with Gasteiger partial charge in [-0.1, -0.05) is 12.1 Å². The van der Waals surface area contributed by atoms with Crippen LogP contribution >= 0.6 is 0 Å². The minimum Gasteiger partial charge on any atom is -0.494 e. The van der Waals surface area contributed by atoms with Crippen LogP contribution in [-0.2, 0) is 13.2 Å². The van der Waals surface area contributed by atoms with Crippen LogP contribution in [0.25, 0.3) is 0 Å². The second kappa shape index (κ2) is 10.2. The summed E-state index contributed by atoms with van der Waals surface area (Å²) in [5.74, 6) is 1.49. The molecule has 0 spiro atoms. The summed E-state index contributed by atoms with van der Waals surface area (Å²) in [6.45, 7) is 6.88. The second-order valence-corrected chi connectivity index (χ2v) is 7.74. The topological polar surface area (TPSA) is 78.5 Å². The molecule has 0 radical (unpaired) electrons. The molecule has 34 heavy (non-hydrogen) atoms. The Kier molecular flexibility index (Phi) is 6.96. The number of aromatic nitrogens is 2. The Balaban J connectivity index is 1.37. The fourth-order valence-corrected chi connectivity index (χ4v) is 3.50. The number of anilines is 1. The normalized spacial score (nSPS) is 10.8. The molecule has 2 aromatic heterocycles. The fraction of sp³-hybridized carbons (Fsp3) is 0.231. The zero-order valence-corrected chi connectivity index (χ0v) is 19.3. The van der Waals surface area contributed by atoms with Crippen molar-refractivity contribution in [2.75, 3.05) is 11.9 Å². The maximum atomic E-state index is 13.2. The Hall–Kier alpha value is -4.07. The number of benzene rings is 2. The zero-order chi connectivity index (χ0) is 24.1. The quantitative estimate of drug-likeness (QED) is 0.354. The SMILES string of the molecule is CCOc1ccc(OCc2ccc(C(=O)Nc3c(C)nn(Cc4ccc(F)cc4)c3C)o2)cc1. The van der Waals surface area contributed by atoms with Crippen LogP contribution in [0.5, 0.6) is 11.5 Å². The van der Waals surface area contributed by atoms with E-state index in [1.165, 1.54) is 12.1 Å². The highest BCUT2D eigenvalue weighted by atomic mass is 19.1. The number of hydrogen-bond acceptors (Lipinski definition) is 5. The van der Waals surface area contributed by atoms with E-state index >= 15 is 0 Å². The molecular weight excluding hydrogens is 437 g/mol. The summed E-state index contributed by atoms with van der Waals surface area (Å²) in [5, 5.41) is 7.39. The van der Waals surface area contributed by atoms with Crippen LogP contribution in [0.15, 0.2) is 65.1 Å². The predicted molar refractivity (Wildman–Crippen MR) is 126 cm³/mol. The van der Waals surface area contributed by atoms with Gasteiger partial charge < -0.3 is 19.2 Å². The third-order valence-corrected chi connectivity index (χ3v) is 5.27. The van der Waals surface area contributed by atoms with Crippen LogP contribution in [-0.4, -0.2) is 22.3 Å². The van der Waals surface area contributed by atoms with Crippen LogP contribution in [0, 0.1) is 19.7 Å². The van der Waals surface area contributed by atoms with Gasteiger partial charge in [-0.25, -0.2) is 4.39 Å². The first-order valence-electron chi connectivity index (χ1n) is 11.0. The van der Waals surface area contributed by atoms with Crippen molar-refractivity contribution in [3.05, 3.63) is 95.0 Å². The summed E-state index contributed by atoms with van der Waals surface area (Å²) in [5.41, 5.74) is 3.00. The maximum Gasteiger partial charge on any atom is 0.291 e. The molecule has 4 rings (SSSR count). The number of carbonyl (C=O) groups is 1. The highest BCUT2D eigenvalue weighted by molar-refractivity contribution is 6.02. The Bertz CT molecular complexity index is 1260. The molecule has 0 unspecified atom stereocenters. The Morgan fingerprint density at radius 3 is 2.35 bits per heavy atom. The summed E-state index contributed by atoms with van der Waals surface area (Å²) in [4.78, 5) is 12.8. The van der Waals surface area contributed by atoms with Crippen molar-refractivity contribution in [2.45, 2.75) is 33.9 Å². The molecule has 0 saturated carbocycles. The van der Waals surface area contributed by atoms with Gasteiger partial charge in [0.2, 0.25) is 0 Å². The smallest absolute Gasteiger partial charge is 0.291 e. The minimum atomic E-state index is -0.375. The number of carbonyl (C=O) groups excluding carboxylic acids is 1. The molecule has 0 bridgehead atoms. The largest absolute Gasteiger partial charge is 0.494 e. The van der Waals surface area contributed by atoms with Gasteiger partial charge in [-0.05, 0) is 74.9 Å². The molecule has 2 heterocycles. The number of amides is 1. The average molecular weight is 464 g/mol. The van der Waals surface area contributed by atoms with Crippen LogP contribution in [0.2, 0.25) is 0 Å². The lowest BCUT2D eigenvalue weighted by Crippen LogP contribution is -2.12. The number of rotatable bonds is 9. The van der Waals surface area contributed by atoms with Crippen LogP contribution in [0.1, 0.15) is 40.2 Å². The number of halogens is 1. The van der Waals surface area contributed by atoms with E-state index in [-0.39, 0.29) is 24.1 Å². The summed E-state index contributed by atoms with van der Waals surface area (Å²) >= 11 is 0. The van der Waals surface area contributed by atoms with Crippen LogP contribution in [0.3, 0.4) is 0 Å². The second-order valence-electron chi connectivity index (χ2n) is 7.74. The Morgan fingerprint density at radius 2 is 1.68 bits per heavy atom. The molecule has 1 N–H and O–H groups in total. The summed E-state index contributed by atoms with van der Waals surface area (Å²) in [7, 11) is 0. The van der Waals surface area contributed by atoms with Gasteiger partial charge in [-0.15, -0.1) is 0 Å². The number of nitrogens with one attached hydrogen (secondary N) is 1. The molecule has 7 nitrogen and oxygen atoms in total. The van der Waals surface area contributed by atoms with E-state index in [0.29, 0.717) is 36.0 Å². The Labute approximate surface area is 197 Å². The van der Waals surface area contributed by atoms with Crippen molar-refractivity contribution in [1.29, 1.82) is 0 Å². The molecule has 176 valence electrons. The third kappa shape index (κ3) is 5.46. The van der Waals surface area contributed by atoms with Crippen molar-refractivity contribution in [3.8, 4) is 11.5 Å². The number of furan rings is 1. The average Bonchev–Trinajstić information content (AvgIpc) is 3.41. The first-order valence-corrected chi connectivity index (χ1v) is 11.0. The van der Waals surface area contributed by atoms with E-state index in [1.54, 1.807) is 28.9 Å². The number of aryl methyl sites for hydroxylation is 1. The van der Waals surface area contributed by atoms with Gasteiger partial charge in [0.25, 0.3) is 5.91 Å². The molecule has 0 aliphatic carbocycles. The lowest BCUT2D eigenvalue weighted by atomic mass is 10.2. The summed E-state index contributed by atoms with van der Waals surface area (Å²) in [6.07, 6.45) is 0. The lowest BCUT2D eigenvalue weighted by Gasteiger charge is -2.07. The highest BCUT2D eigenvalue weighted by Gasteiger charge is 2.18. The number of nitrogens with zero attached hydrogens (tertiary/aromatic N) is 2. The molecule has 4 aromatic rings. The maximum absolute atomic E-state index is 13.2. The zero-order valence-electron chi connectivity index (χ0n) is 19.3. The molecule has 2 aromatic carbocycles. The van der Waals surface area contributed by atoms with Gasteiger partial charge in [0.1, 0.15) is 29.7 Å². The molecule has 1 amide bonds. The van der Waals surface area contributed by atoms with Crippen molar-refractivity contribution >= 4 is 11.6 Å². The monoisotopic (exact) mass is 463 g/mol. The van der Waals surface area contributed by atoms with E-state index in [9.17, 15) is 9.18 Å². The Morgan fingerprint density at radius 1 is 1.00 bits per heavy atom. The lowest BCUT2D eigenvalue weighted by molar-refractivity contribution is 0.0992. The third-order valence-electron chi connectivity index (χ3n) is 5.27. The molecule has 0 aliphatic heterocycles. The molecular formula is C26H26FN3O4. The van der Waals surface area contributed by atoms with Gasteiger partial charge >= 0.3 is 0 Å². The molecule has 0 fully saturated rings. The minimum absolute atomic E-state index is 0.176. The number of hydrogen-bond donors (Lipinski definition) is 1.